The third kappa shape index (κ3) is 3.12. The molecule has 0 heterocycles. The van der Waals surface area contributed by atoms with E-state index < -0.39 is 22.4 Å². The van der Waals surface area contributed by atoms with Crippen molar-refractivity contribution in [3.63, 3.8) is 0 Å². The molecule has 1 aliphatic rings. The zero-order valence-corrected chi connectivity index (χ0v) is 16.6. The topological polar surface area (TPSA) is 51.2 Å². The lowest BCUT2D eigenvalue weighted by atomic mass is 9.78. The van der Waals surface area contributed by atoms with E-state index in [2.05, 4.69) is 0 Å². The number of benzene rings is 3. The Hall–Kier alpha value is -3.04. The van der Waals surface area contributed by atoms with Crippen LogP contribution in [0.3, 0.4) is 0 Å². The lowest BCUT2D eigenvalue weighted by molar-refractivity contribution is 0.0829. The van der Waals surface area contributed by atoms with E-state index in [4.69, 9.17) is 11.6 Å². The molecular formula is C25H19ClO3. The fraction of sp³-hybridized carbons (Fsp3) is 0.160. The Morgan fingerprint density at radius 3 is 1.93 bits per heavy atom. The number of carbonyl (C=O) groups is 3. The normalized spacial score (nSPS) is 15.8. The quantitative estimate of drug-likeness (QED) is 0.326. The summed E-state index contributed by atoms with van der Waals surface area (Å²) < 4.78 is 0. The second-order valence-corrected chi connectivity index (χ2v) is 7.92. The van der Waals surface area contributed by atoms with Gasteiger partial charge in [0, 0.05) is 29.0 Å². The fourth-order valence-corrected chi connectivity index (χ4v) is 4.45. The number of rotatable bonds is 5. The van der Waals surface area contributed by atoms with Crippen LogP contribution in [0.4, 0.5) is 0 Å². The maximum Gasteiger partial charge on any atom is 0.193 e. The first-order valence-corrected chi connectivity index (χ1v) is 9.83. The third-order valence-corrected chi connectivity index (χ3v) is 6.20. The molecule has 3 aromatic rings. The summed E-state index contributed by atoms with van der Waals surface area (Å²) in [6, 6.07) is 23.0. The smallest absolute Gasteiger partial charge is 0.193 e. The van der Waals surface area contributed by atoms with E-state index in [1.165, 1.54) is 0 Å². The molecule has 3 aromatic carbocycles. The number of Topliss-reactive ketones (excluding diaryl/α,β-unsaturated/α-hetero) is 3. The van der Waals surface area contributed by atoms with Gasteiger partial charge in [0.05, 0.1) is 0 Å². The summed E-state index contributed by atoms with van der Waals surface area (Å²) >= 11 is 6.86. The monoisotopic (exact) mass is 402 g/mol. The Kier molecular flexibility index (Phi) is 4.93. The van der Waals surface area contributed by atoms with Gasteiger partial charge < -0.3 is 0 Å². The van der Waals surface area contributed by atoms with Crippen molar-refractivity contribution in [2.75, 3.05) is 0 Å². The molecule has 0 saturated carbocycles. The summed E-state index contributed by atoms with van der Waals surface area (Å²) in [6.45, 7) is 1.86. The number of hydrogen-bond donors (Lipinski definition) is 0. The number of alkyl halides is 1. The lowest BCUT2D eigenvalue weighted by Gasteiger charge is -2.29. The van der Waals surface area contributed by atoms with Crippen LogP contribution < -0.4 is 0 Å². The van der Waals surface area contributed by atoms with E-state index in [1.54, 1.807) is 36.4 Å². The van der Waals surface area contributed by atoms with Gasteiger partial charge in [-0.1, -0.05) is 78.9 Å². The standard InChI is InChI=1S/C25H19ClO3/c1-16-9-5-6-12-18(16)22(27)15-21(17-10-3-2-4-11-17)25(26)23(28)19-13-7-8-14-20(19)24(25)29/h2-14,21H,15H2,1H3/t21-/m0/s1. The van der Waals surface area contributed by atoms with Crippen molar-refractivity contribution in [2.45, 2.75) is 24.1 Å². The van der Waals surface area contributed by atoms with Gasteiger partial charge in [0.15, 0.2) is 22.2 Å². The molecule has 144 valence electrons. The van der Waals surface area contributed by atoms with Crippen LogP contribution in [0, 0.1) is 6.92 Å². The van der Waals surface area contributed by atoms with Crippen LogP contribution in [0.2, 0.25) is 0 Å². The lowest BCUT2D eigenvalue weighted by Crippen LogP contribution is -2.42. The summed E-state index contributed by atoms with van der Waals surface area (Å²) in [5, 5.41) is 0. The molecule has 0 radical (unpaired) electrons. The summed E-state index contributed by atoms with van der Waals surface area (Å²) in [6.07, 6.45) is -0.0379. The molecule has 0 aliphatic heterocycles. The largest absolute Gasteiger partial charge is 0.294 e. The number of ketones is 3. The van der Waals surface area contributed by atoms with Crippen molar-refractivity contribution in [1.29, 1.82) is 0 Å². The highest BCUT2D eigenvalue weighted by Crippen LogP contribution is 2.47. The van der Waals surface area contributed by atoms with Crippen molar-refractivity contribution in [2.24, 2.45) is 0 Å². The van der Waals surface area contributed by atoms with Crippen LogP contribution in [0.15, 0.2) is 78.9 Å². The molecule has 0 bridgehead atoms. The maximum absolute atomic E-state index is 13.3. The summed E-state index contributed by atoms with van der Waals surface area (Å²) in [7, 11) is 0. The molecule has 0 fully saturated rings. The number of halogens is 1. The Labute approximate surface area is 174 Å². The summed E-state index contributed by atoms with van der Waals surface area (Å²) in [5.74, 6) is -1.80. The Bertz CT molecular complexity index is 1080. The van der Waals surface area contributed by atoms with E-state index in [0.717, 1.165) is 5.56 Å². The van der Waals surface area contributed by atoms with E-state index in [1.807, 2.05) is 49.4 Å². The highest BCUT2D eigenvalue weighted by molar-refractivity contribution is 6.56. The second-order valence-electron chi connectivity index (χ2n) is 7.32. The molecule has 29 heavy (non-hydrogen) atoms. The van der Waals surface area contributed by atoms with E-state index in [-0.39, 0.29) is 12.2 Å². The average Bonchev–Trinajstić information content (AvgIpc) is 2.95. The zero-order chi connectivity index (χ0) is 20.6. The van der Waals surface area contributed by atoms with Crippen LogP contribution in [0.25, 0.3) is 0 Å². The van der Waals surface area contributed by atoms with Crippen molar-refractivity contribution in [1.82, 2.24) is 0 Å². The molecule has 0 spiro atoms. The third-order valence-electron chi connectivity index (χ3n) is 5.59. The van der Waals surface area contributed by atoms with Gasteiger partial charge >= 0.3 is 0 Å². The molecule has 0 aromatic heterocycles. The van der Waals surface area contributed by atoms with Gasteiger partial charge in [-0.15, -0.1) is 11.6 Å². The molecule has 4 rings (SSSR count). The van der Waals surface area contributed by atoms with Crippen LogP contribution in [0.1, 0.15) is 54.5 Å². The van der Waals surface area contributed by atoms with Gasteiger partial charge in [-0.2, -0.15) is 0 Å². The van der Waals surface area contributed by atoms with E-state index in [9.17, 15) is 14.4 Å². The highest BCUT2D eigenvalue weighted by Gasteiger charge is 2.57. The minimum Gasteiger partial charge on any atom is -0.294 e. The minimum atomic E-state index is -1.83. The summed E-state index contributed by atoms with van der Waals surface area (Å²) in [4.78, 5) is 37.9. The van der Waals surface area contributed by atoms with Crippen molar-refractivity contribution in [3.05, 3.63) is 107 Å². The van der Waals surface area contributed by atoms with Crippen LogP contribution in [0.5, 0.6) is 0 Å². The number of hydrogen-bond acceptors (Lipinski definition) is 3. The molecule has 0 unspecified atom stereocenters. The van der Waals surface area contributed by atoms with Gasteiger partial charge in [0.25, 0.3) is 0 Å². The molecule has 0 amide bonds. The predicted molar refractivity (Wildman–Crippen MR) is 113 cm³/mol. The summed E-state index contributed by atoms with van der Waals surface area (Å²) in [5.41, 5.74) is 2.75. The van der Waals surface area contributed by atoms with E-state index >= 15 is 0 Å². The molecule has 0 N–H and O–H groups in total. The minimum absolute atomic E-state index is 0.0379. The van der Waals surface area contributed by atoms with Crippen LogP contribution in [-0.4, -0.2) is 22.2 Å². The van der Waals surface area contributed by atoms with Gasteiger partial charge in [-0.3, -0.25) is 14.4 Å². The van der Waals surface area contributed by atoms with Crippen molar-refractivity contribution < 1.29 is 14.4 Å². The van der Waals surface area contributed by atoms with Crippen LogP contribution in [-0.2, 0) is 0 Å². The Morgan fingerprint density at radius 2 is 1.34 bits per heavy atom. The molecule has 1 atom stereocenters. The Balaban J connectivity index is 1.81. The number of carbonyl (C=O) groups excluding carboxylic acids is 3. The number of fused-ring (bicyclic) bond motifs is 1. The average molecular weight is 403 g/mol. The molecule has 0 saturated heterocycles. The first-order valence-electron chi connectivity index (χ1n) is 9.46. The van der Waals surface area contributed by atoms with Gasteiger partial charge in [-0.25, -0.2) is 0 Å². The van der Waals surface area contributed by atoms with E-state index in [0.29, 0.717) is 22.3 Å². The van der Waals surface area contributed by atoms with Gasteiger partial charge in [0.2, 0.25) is 0 Å². The zero-order valence-electron chi connectivity index (χ0n) is 15.9. The van der Waals surface area contributed by atoms with Crippen molar-refractivity contribution >= 4 is 29.0 Å². The highest BCUT2D eigenvalue weighted by atomic mass is 35.5. The maximum atomic E-state index is 13.3. The SMILES string of the molecule is Cc1ccccc1C(=O)C[C@@H](c1ccccc1)C1(Cl)C(=O)c2ccccc2C1=O. The second kappa shape index (κ2) is 7.41. The van der Waals surface area contributed by atoms with Crippen LogP contribution >= 0.6 is 11.6 Å². The predicted octanol–water partition coefficient (Wildman–Crippen LogP) is 5.41. The first-order chi connectivity index (χ1) is 13.9. The number of aryl methyl sites for hydroxylation is 1. The Morgan fingerprint density at radius 1 is 0.828 bits per heavy atom. The first kappa shape index (κ1) is 19.3. The van der Waals surface area contributed by atoms with Gasteiger partial charge in [-0.05, 0) is 18.1 Å². The van der Waals surface area contributed by atoms with Gasteiger partial charge in [0.1, 0.15) is 0 Å². The molecule has 1 aliphatic carbocycles. The molecule has 3 nitrogen and oxygen atoms in total. The molecular weight excluding hydrogens is 384 g/mol. The molecule has 4 heteroatoms. The fourth-order valence-electron chi connectivity index (χ4n) is 4.05. The van der Waals surface area contributed by atoms with Crippen molar-refractivity contribution in [3.8, 4) is 0 Å².